The van der Waals surface area contributed by atoms with Gasteiger partial charge in [-0.2, -0.15) is 0 Å². The van der Waals surface area contributed by atoms with Crippen molar-refractivity contribution in [3.8, 4) is 0 Å². The molecule has 4 atom stereocenters. The van der Waals surface area contributed by atoms with Gasteiger partial charge in [0, 0.05) is 18.8 Å². The first-order valence-electron chi connectivity index (χ1n) is 5.89. The van der Waals surface area contributed by atoms with Crippen LogP contribution in [0.2, 0.25) is 0 Å². The minimum Gasteiger partial charge on any atom is -0.431 e. The molecule has 1 saturated carbocycles. The van der Waals surface area contributed by atoms with Crippen LogP contribution in [-0.2, 0) is 19.0 Å². The number of esters is 1. The molecule has 1 saturated heterocycles. The summed E-state index contributed by atoms with van der Waals surface area (Å²) in [4.78, 5) is 11.0. The van der Waals surface area contributed by atoms with Crippen LogP contribution < -0.4 is 0 Å². The van der Waals surface area contributed by atoms with Gasteiger partial charge in [0.1, 0.15) is 5.76 Å². The number of ether oxygens (including phenoxy) is 3. The Balaban J connectivity index is 1.85. The second-order valence-corrected chi connectivity index (χ2v) is 4.68. The van der Waals surface area contributed by atoms with E-state index >= 15 is 0 Å². The Hall–Kier alpha value is -0.870. The van der Waals surface area contributed by atoms with Crippen molar-refractivity contribution in [2.45, 2.75) is 32.0 Å². The quantitative estimate of drug-likeness (QED) is 0.629. The summed E-state index contributed by atoms with van der Waals surface area (Å²) in [6, 6.07) is 0. The Kier molecular flexibility index (Phi) is 2.48. The van der Waals surface area contributed by atoms with Crippen LogP contribution in [0.3, 0.4) is 0 Å². The molecule has 0 aromatic rings. The van der Waals surface area contributed by atoms with Crippen LogP contribution in [0.1, 0.15) is 19.8 Å². The zero-order valence-corrected chi connectivity index (χ0v) is 9.35. The van der Waals surface area contributed by atoms with Crippen molar-refractivity contribution in [3.05, 3.63) is 11.8 Å². The first-order valence-corrected chi connectivity index (χ1v) is 5.89. The average Bonchev–Trinajstić information content (AvgIpc) is 2.29. The molecule has 16 heavy (non-hydrogen) atoms. The molecule has 4 aliphatic rings. The lowest BCUT2D eigenvalue weighted by atomic mass is 9.70. The van der Waals surface area contributed by atoms with Gasteiger partial charge in [-0.25, -0.2) is 0 Å². The number of hydrogen-bond donors (Lipinski definition) is 0. The van der Waals surface area contributed by atoms with Crippen molar-refractivity contribution in [1.29, 1.82) is 0 Å². The molecule has 1 heterocycles. The van der Waals surface area contributed by atoms with E-state index in [2.05, 4.69) is 6.08 Å². The molecule has 0 amide bonds. The topological polar surface area (TPSA) is 44.8 Å². The average molecular weight is 224 g/mol. The van der Waals surface area contributed by atoms with Gasteiger partial charge in [-0.3, -0.25) is 4.79 Å². The van der Waals surface area contributed by atoms with E-state index in [4.69, 9.17) is 14.2 Å². The summed E-state index contributed by atoms with van der Waals surface area (Å²) in [6.07, 6.45) is 4.47. The molecule has 4 heteroatoms. The maximum atomic E-state index is 11.0. The number of carbonyl (C=O) groups excluding carboxylic acids is 1. The number of hydrogen-bond acceptors (Lipinski definition) is 4. The molecule has 0 unspecified atom stereocenters. The molecule has 3 aliphatic carbocycles. The van der Waals surface area contributed by atoms with E-state index < -0.39 is 0 Å². The van der Waals surface area contributed by atoms with Crippen LogP contribution in [0.4, 0.5) is 0 Å². The molecule has 4 rings (SSSR count). The molecule has 0 spiro atoms. The molecule has 0 aromatic heterocycles. The number of carbonyl (C=O) groups is 1. The zero-order valence-electron chi connectivity index (χ0n) is 9.35. The van der Waals surface area contributed by atoms with E-state index in [1.54, 1.807) is 0 Å². The van der Waals surface area contributed by atoms with Crippen LogP contribution in [0.15, 0.2) is 11.8 Å². The van der Waals surface area contributed by atoms with Gasteiger partial charge in [-0.05, 0) is 18.9 Å². The van der Waals surface area contributed by atoms with E-state index in [0.717, 1.165) is 18.6 Å². The minimum atomic E-state index is -0.243. The van der Waals surface area contributed by atoms with Crippen molar-refractivity contribution in [3.63, 3.8) is 0 Å². The van der Waals surface area contributed by atoms with Crippen LogP contribution >= 0.6 is 0 Å². The molecule has 4 nitrogen and oxygen atoms in total. The van der Waals surface area contributed by atoms with Crippen molar-refractivity contribution >= 4 is 5.97 Å². The van der Waals surface area contributed by atoms with Crippen LogP contribution in [0.25, 0.3) is 0 Å². The lowest BCUT2D eigenvalue weighted by Crippen LogP contribution is -2.53. The molecule has 0 N–H and O–H groups in total. The molecule has 2 bridgehead atoms. The van der Waals surface area contributed by atoms with Gasteiger partial charge in [-0.15, -0.1) is 0 Å². The summed E-state index contributed by atoms with van der Waals surface area (Å²) in [5, 5.41) is 0. The monoisotopic (exact) mass is 224 g/mol. The van der Waals surface area contributed by atoms with Crippen molar-refractivity contribution in [1.82, 2.24) is 0 Å². The Bertz CT molecular complexity index is 336. The van der Waals surface area contributed by atoms with Crippen LogP contribution in [0, 0.1) is 11.8 Å². The van der Waals surface area contributed by atoms with Gasteiger partial charge in [-0.1, -0.05) is 0 Å². The predicted molar refractivity (Wildman–Crippen MR) is 55.5 cm³/mol. The van der Waals surface area contributed by atoms with Gasteiger partial charge in [0.2, 0.25) is 0 Å². The largest absolute Gasteiger partial charge is 0.431 e. The zero-order chi connectivity index (χ0) is 11.1. The molecule has 0 radical (unpaired) electrons. The summed E-state index contributed by atoms with van der Waals surface area (Å²) in [7, 11) is 0. The fraction of sp³-hybridized carbons (Fsp3) is 0.750. The summed E-state index contributed by atoms with van der Waals surface area (Å²) < 4.78 is 16.8. The Morgan fingerprint density at radius 2 is 2.06 bits per heavy atom. The van der Waals surface area contributed by atoms with Gasteiger partial charge >= 0.3 is 5.97 Å². The van der Waals surface area contributed by atoms with Gasteiger partial charge < -0.3 is 14.2 Å². The molecule has 2 fully saturated rings. The second-order valence-electron chi connectivity index (χ2n) is 4.68. The van der Waals surface area contributed by atoms with Crippen LogP contribution in [-0.4, -0.2) is 31.4 Å². The highest BCUT2D eigenvalue weighted by atomic mass is 16.6. The standard InChI is InChI=1S/C12H16O4/c1-7(13)16-10-6-8-2-3-9(10)12-11(8)14-4-5-15-12/h6,8-9,11-12H,2-5H2,1H3/t8-,9+,11-,12+/m1/s1. The van der Waals surface area contributed by atoms with E-state index in [-0.39, 0.29) is 24.1 Å². The SMILES string of the molecule is CC(=O)OC1=C[C@H]2CC[C@@H]1[C@@H]1OCCO[C@@H]12. The third-order valence-electron chi connectivity index (χ3n) is 3.66. The predicted octanol–water partition coefficient (Wildman–Crippen LogP) is 1.26. The van der Waals surface area contributed by atoms with E-state index in [9.17, 15) is 4.79 Å². The molecular formula is C12H16O4. The fourth-order valence-electron chi connectivity index (χ4n) is 3.06. The van der Waals surface area contributed by atoms with Gasteiger partial charge in [0.25, 0.3) is 0 Å². The van der Waals surface area contributed by atoms with Crippen molar-refractivity contribution < 1.29 is 19.0 Å². The highest BCUT2D eigenvalue weighted by molar-refractivity contribution is 5.67. The highest BCUT2D eigenvalue weighted by Crippen LogP contribution is 2.45. The van der Waals surface area contributed by atoms with Crippen LogP contribution in [0.5, 0.6) is 0 Å². The molecule has 88 valence electrons. The third-order valence-corrected chi connectivity index (χ3v) is 3.66. The first kappa shape index (κ1) is 10.3. The molecule has 0 aromatic carbocycles. The number of fused-ring (bicyclic) bond motifs is 1. The third kappa shape index (κ3) is 1.57. The lowest BCUT2D eigenvalue weighted by Gasteiger charge is -2.48. The fourth-order valence-corrected chi connectivity index (χ4v) is 3.06. The van der Waals surface area contributed by atoms with Gasteiger partial charge in [0.15, 0.2) is 0 Å². The normalized spacial score (nSPS) is 41.2. The Morgan fingerprint density at radius 3 is 2.81 bits per heavy atom. The molecule has 1 aliphatic heterocycles. The second kappa shape index (κ2) is 3.86. The van der Waals surface area contributed by atoms with E-state index in [1.807, 2.05) is 0 Å². The summed E-state index contributed by atoms with van der Waals surface area (Å²) in [6.45, 7) is 2.78. The Labute approximate surface area is 94.5 Å². The van der Waals surface area contributed by atoms with Crippen molar-refractivity contribution in [2.24, 2.45) is 11.8 Å². The highest BCUT2D eigenvalue weighted by Gasteiger charge is 2.48. The maximum absolute atomic E-state index is 11.0. The first-order chi connectivity index (χ1) is 7.75. The van der Waals surface area contributed by atoms with Crippen molar-refractivity contribution in [2.75, 3.05) is 13.2 Å². The number of rotatable bonds is 1. The summed E-state index contributed by atoms with van der Waals surface area (Å²) in [5.74, 6) is 1.12. The maximum Gasteiger partial charge on any atom is 0.307 e. The van der Waals surface area contributed by atoms with E-state index in [0.29, 0.717) is 19.1 Å². The molecular weight excluding hydrogens is 208 g/mol. The minimum absolute atomic E-state index is 0.0897. The smallest absolute Gasteiger partial charge is 0.307 e. The lowest BCUT2D eigenvalue weighted by molar-refractivity contribution is -0.194. The Morgan fingerprint density at radius 1 is 1.31 bits per heavy atom. The summed E-state index contributed by atoms with van der Waals surface area (Å²) >= 11 is 0. The summed E-state index contributed by atoms with van der Waals surface area (Å²) in [5.41, 5.74) is 0. The van der Waals surface area contributed by atoms with E-state index in [1.165, 1.54) is 6.92 Å². The van der Waals surface area contributed by atoms with Gasteiger partial charge in [0.05, 0.1) is 25.4 Å².